The maximum absolute atomic E-state index is 12.6. The molecule has 6 nitrogen and oxygen atoms in total. The Morgan fingerprint density at radius 3 is 2.35 bits per heavy atom. The van der Waals surface area contributed by atoms with E-state index in [1.807, 2.05) is 0 Å². The van der Waals surface area contributed by atoms with Crippen molar-refractivity contribution in [3.63, 3.8) is 0 Å². The van der Waals surface area contributed by atoms with E-state index >= 15 is 0 Å². The Morgan fingerprint density at radius 2 is 1.85 bits per heavy atom. The van der Waals surface area contributed by atoms with Crippen LogP contribution < -0.4 is 15.0 Å². The van der Waals surface area contributed by atoms with E-state index < -0.39 is 12.1 Å². The minimum Gasteiger partial charge on any atom is -0.467 e. The van der Waals surface area contributed by atoms with Crippen LogP contribution in [0.5, 0.6) is 6.01 Å². The van der Waals surface area contributed by atoms with Gasteiger partial charge in [0.05, 0.1) is 13.0 Å². The van der Waals surface area contributed by atoms with Gasteiger partial charge in [0, 0.05) is 20.1 Å². The summed E-state index contributed by atoms with van der Waals surface area (Å²) in [4.78, 5) is 13.9. The highest BCUT2D eigenvalue weighted by Gasteiger charge is 2.41. The smallest absolute Gasteiger partial charge is 0.391 e. The average molecular weight is 291 g/mol. The van der Waals surface area contributed by atoms with Gasteiger partial charge in [0.15, 0.2) is 0 Å². The van der Waals surface area contributed by atoms with E-state index in [-0.39, 0.29) is 31.9 Å². The number of hydrogen-bond acceptors (Lipinski definition) is 6. The molecule has 1 aliphatic rings. The number of rotatable bonds is 3. The second-order valence-corrected chi connectivity index (χ2v) is 4.50. The van der Waals surface area contributed by atoms with E-state index in [0.717, 1.165) is 0 Å². The third kappa shape index (κ3) is 3.20. The largest absolute Gasteiger partial charge is 0.467 e. The highest BCUT2D eigenvalue weighted by Crippen LogP contribution is 2.34. The van der Waals surface area contributed by atoms with Gasteiger partial charge in [-0.05, 0) is 12.8 Å². The summed E-state index contributed by atoms with van der Waals surface area (Å²) in [5.41, 5.74) is 0. The van der Waals surface area contributed by atoms with Crippen LogP contribution in [-0.2, 0) is 0 Å². The fourth-order valence-electron chi connectivity index (χ4n) is 2.10. The van der Waals surface area contributed by atoms with Crippen molar-refractivity contribution in [2.24, 2.45) is 5.92 Å². The lowest BCUT2D eigenvalue weighted by Gasteiger charge is -2.32. The molecule has 1 fully saturated rings. The molecule has 0 radical (unpaired) electrons. The quantitative estimate of drug-likeness (QED) is 0.914. The number of nitrogens with one attached hydrogen (secondary N) is 1. The number of methoxy groups -OCH3 is 1. The highest BCUT2D eigenvalue weighted by molar-refractivity contribution is 5.38. The molecule has 1 aromatic heterocycles. The van der Waals surface area contributed by atoms with Gasteiger partial charge in [0.1, 0.15) is 0 Å². The van der Waals surface area contributed by atoms with Crippen LogP contribution in [0.1, 0.15) is 12.8 Å². The molecule has 0 bridgehead atoms. The lowest BCUT2D eigenvalue weighted by molar-refractivity contribution is -0.179. The van der Waals surface area contributed by atoms with E-state index in [4.69, 9.17) is 4.74 Å². The Morgan fingerprint density at radius 1 is 1.20 bits per heavy atom. The third-order valence-corrected chi connectivity index (χ3v) is 3.25. The van der Waals surface area contributed by atoms with E-state index in [1.54, 1.807) is 11.9 Å². The number of anilines is 2. The van der Waals surface area contributed by atoms with Crippen molar-refractivity contribution >= 4 is 11.9 Å². The van der Waals surface area contributed by atoms with Gasteiger partial charge in [-0.25, -0.2) is 0 Å². The average Bonchev–Trinajstić information content (AvgIpc) is 2.46. The number of nitrogens with zero attached hydrogens (tertiary/aromatic N) is 4. The SMILES string of the molecule is CNc1nc(OC)nc(N2CCC(C(F)(F)F)CC2)n1. The molecule has 1 N–H and O–H groups in total. The summed E-state index contributed by atoms with van der Waals surface area (Å²) in [6.07, 6.45) is -4.03. The van der Waals surface area contributed by atoms with E-state index in [2.05, 4.69) is 20.3 Å². The first-order valence-electron chi connectivity index (χ1n) is 6.23. The lowest BCUT2D eigenvalue weighted by atomic mass is 9.96. The molecular formula is C11H16F3N5O. The number of piperidine rings is 1. The molecule has 0 aromatic carbocycles. The summed E-state index contributed by atoms with van der Waals surface area (Å²) >= 11 is 0. The zero-order valence-electron chi connectivity index (χ0n) is 11.2. The first-order valence-corrected chi connectivity index (χ1v) is 6.23. The predicted molar refractivity (Wildman–Crippen MR) is 66.9 cm³/mol. The second-order valence-electron chi connectivity index (χ2n) is 4.50. The highest BCUT2D eigenvalue weighted by atomic mass is 19.4. The summed E-state index contributed by atoms with van der Waals surface area (Å²) < 4.78 is 42.8. The molecule has 0 amide bonds. The fraction of sp³-hybridized carbons (Fsp3) is 0.727. The molecular weight excluding hydrogens is 275 g/mol. The van der Waals surface area contributed by atoms with Gasteiger partial charge in [-0.3, -0.25) is 0 Å². The Hall–Kier alpha value is -1.80. The minimum atomic E-state index is -4.13. The summed E-state index contributed by atoms with van der Waals surface area (Å²) in [6, 6.07) is 0.136. The van der Waals surface area contributed by atoms with Gasteiger partial charge in [-0.15, -0.1) is 0 Å². The summed E-state index contributed by atoms with van der Waals surface area (Å²) in [5, 5.41) is 2.77. The molecule has 2 rings (SSSR count). The van der Waals surface area contributed by atoms with Crippen molar-refractivity contribution in [3.8, 4) is 6.01 Å². The van der Waals surface area contributed by atoms with Gasteiger partial charge in [-0.1, -0.05) is 0 Å². The van der Waals surface area contributed by atoms with Crippen molar-refractivity contribution in [2.75, 3.05) is 37.5 Å². The van der Waals surface area contributed by atoms with Crippen LogP contribution in [0.4, 0.5) is 25.1 Å². The zero-order valence-corrected chi connectivity index (χ0v) is 11.2. The standard InChI is InChI=1S/C11H16F3N5O/c1-15-8-16-9(18-10(17-8)20-2)19-5-3-7(4-6-19)11(12,13)14/h7H,3-6H2,1-2H3,(H,15,16,17,18). The maximum Gasteiger partial charge on any atom is 0.391 e. The Bertz CT molecular complexity index is 438. The number of hydrogen-bond donors (Lipinski definition) is 1. The van der Waals surface area contributed by atoms with Crippen LogP contribution in [0, 0.1) is 5.92 Å². The molecule has 112 valence electrons. The Kier molecular flexibility index (Phi) is 4.15. The number of halogens is 3. The molecule has 1 aromatic rings. The molecule has 0 saturated carbocycles. The van der Waals surface area contributed by atoms with Crippen LogP contribution in [0.15, 0.2) is 0 Å². The molecule has 1 aliphatic heterocycles. The molecule has 9 heteroatoms. The topological polar surface area (TPSA) is 63.2 Å². The summed E-state index contributed by atoms with van der Waals surface area (Å²) in [7, 11) is 3.07. The van der Waals surface area contributed by atoms with E-state index in [1.165, 1.54) is 7.11 Å². The summed E-state index contributed by atoms with van der Waals surface area (Å²) in [5.74, 6) is -0.585. The molecule has 0 aliphatic carbocycles. The van der Waals surface area contributed by atoms with Gasteiger partial charge < -0.3 is 15.0 Å². The van der Waals surface area contributed by atoms with Gasteiger partial charge in [0.25, 0.3) is 0 Å². The zero-order chi connectivity index (χ0) is 14.8. The monoisotopic (exact) mass is 291 g/mol. The van der Waals surface area contributed by atoms with Crippen molar-refractivity contribution in [1.82, 2.24) is 15.0 Å². The van der Waals surface area contributed by atoms with Crippen molar-refractivity contribution in [1.29, 1.82) is 0 Å². The maximum atomic E-state index is 12.6. The van der Waals surface area contributed by atoms with Crippen LogP contribution in [0.2, 0.25) is 0 Å². The van der Waals surface area contributed by atoms with Crippen LogP contribution in [0.25, 0.3) is 0 Å². The molecule has 0 spiro atoms. The van der Waals surface area contributed by atoms with Crippen molar-refractivity contribution in [3.05, 3.63) is 0 Å². The normalized spacial score (nSPS) is 17.1. The van der Waals surface area contributed by atoms with Crippen molar-refractivity contribution < 1.29 is 17.9 Å². The number of aromatic nitrogens is 3. The molecule has 0 unspecified atom stereocenters. The van der Waals surface area contributed by atoms with Crippen molar-refractivity contribution in [2.45, 2.75) is 19.0 Å². The van der Waals surface area contributed by atoms with Gasteiger partial charge in [-0.2, -0.15) is 28.1 Å². The number of ether oxygens (including phenoxy) is 1. The second kappa shape index (κ2) is 5.68. The third-order valence-electron chi connectivity index (χ3n) is 3.25. The van der Waals surface area contributed by atoms with Crippen LogP contribution >= 0.6 is 0 Å². The van der Waals surface area contributed by atoms with Gasteiger partial charge in [0.2, 0.25) is 11.9 Å². The summed E-state index contributed by atoms with van der Waals surface area (Å²) in [6.45, 7) is 0.529. The number of alkyl halides is 3. The first-order chi connectivity index (χ1) is 9.44. The van der Waals surface area contributed by atoms with E-state index in [0.29, 0.717) is 11.9 Å². The first kappa shape index (κ1) is 14.6. The molecule has 1 saturated heterocycles. The molecule has 0 atom stereocenters. The van der Waals surface area contributed by atoms with Crippen LogP contribution in [-0.4, -0.2) is 48.4 Å². The fourth-order valence-corrected chi connectivity index (χ4v) is 2.10. The van der Waals surface area contributed by atoms with Gasteiger partial charge >= 0.3 is 12.2 Å². The van der Waals surface area contributed by atoms with E-state index in [9.17, 15) is 13.2 Å². The molecule has 2 heterocycles. The Labute approximate surface area is 114 Å². The predicted octanol–water partition coefficient (Wildman–Crippen LogP) is 1.70. The molecule has 20 heavy (non-hydrogen) atoms. The van der Waals surface area contributed by atoms with Crippen LogP contribution in [0.3, 0.4) is 0 Å². The minimum absolute atomic E-state index is 0.0480. The lowest BCUT2D eigenvalue weighted by Crippen LogP contribution is -2.39. The Balaban J connectivity index is 2.10.